The van der Waals surface area contributed by atoms with E-state index in [1.807, 2.05) is 18.0 Å². The van der Waals surface area contributed by atoms with Crippen molar-refractivity contribution in [2.45, 2.75) is 25.2 Å². The molecule has 4 rings (SSSR count). The number of aryl methyl sites for hydroxylation is 2. The van der Waals surface area contributed by atoms with Crippen LogP contribution in [-0.2, 0) is 18.2 Å². The summed E-state index contributed by atoms with van der Waals surface area (Å²) in [5.41, 5.74) is 5.74. The number of ether oxygens (including phenoxy) is 1. The zero-order chi connectivity index (χ0) is 22.7. The summed E-state index contributed by atoms with van der Waals surface area (Å²) >= 11 is 0. The van der Waals surface area contributed by atoms with Crippen LogP contribution in [0.1, 0.15) is 40.2 Å². The highest BCUT2D eigenvalue weighted by molar-refractivity contribution is 5.95. The lowest BCUT2D eigenvalue weighted by Crippen LogP contribution is -2.21. The first-order chi connectivity index (χ1) is 15.5. The van der Waals surface area contributed by atoms with Gasteiger partial charge in [0.1, 0.15) is 0 Å². The van der Waals surface area contributed by atoms with Crippen LogP contribution in [0.4, 0.5) is 17.1 Å². The molecule has 0 saturated heterocycles. The Hall–Kier alpha value is -3.61. The van der Waals surface area contributed by atoms with Gasteiger partial charge in [0.2, 0.25) is 0 Å². The van der Waals surface area contributed by atoms with Gasteiger partial charge in [-0.05, 0) is 54.7 Å². The number of fused-ring (bicyclic) bond motifs is 1. The highest BCUT2D eigenvalue weighted by atomic mass is 16.5. The zero-order valence-electron chi connectivity index (χ0n) is 18.7. The highest BCUT2D eigenvalue weighted by Crippen LogP contribution is 2.35. The Morgan fingerprint density at radius 2 is 2.06 bits per heavy atom. The maximum Gasteiger partial charge on any atom is 0.340 e. The molecule has 0 unspecified atom stereocenters. The van der Waals surface area contributed by atoms with E-state index in [-0.39, 0.29) is 11.5 Å². The number of pyridine rings is 2. The molecule has 1 aliphatic rings. The summed E-state index contributed by atoms with van der Waals surface area (Å²) in [6.07, 6.45) is 8.26. The fourth-order valence-corrected chi connectivity index (χ4v) is 4.27. The SMILES string of the molecule is COC(=O)c1ccncc1NC[C@@H]1CCCc2cc(N(C)c3ccn(C)c(=O)c3)ccc21. The van der Waals surface area contributed by atoms with Crippen molar-refractivity contribution in [1.29, 1.82) is 0 Å². The molecule has 2 aromatic heterocycles. The summed E-state index contributed by atoms with van der Waals surface area (Å²) in [4.78, 5) is 30.2. The van der Waals surface area contributed by atoms with Gasteiger partial charge in [-0.25, -0.2) is 4.79 Å². The van der Waals surface area contributed by atoms with Gasteiger partial charge in [0.15, 0.2) is 0 Å². The van der Waals surface area contributed by atoms with Gasteiger partial charge in [0, 0.05) is 56.4 Å². The van der Waals surface area contributed by atoms with E-state index in [0.717, 1.165) is 30.6 Å². The van der Waals surface area contributed by atoms with Crippen LogP contribution in [0.3, 0.4) is 0 Å². The second kappa shape index (κ2) is 9.26. The first-order valence-corrected chi connectivity index (χ1v) is 10.8. The Kier molecular flexibility index (Phi) is 6.25. The number of anilines is 3. The molecular formula is C25H28N4O3. The quantitative estimate of drug-likeness (QED) is 0.596. The number of carbonyl (C=O) groups excluding carboxylic acids is 1. The lowest BCUT2D eigenvalue weighted by atomic mass is 9.82. The first-order valence-electron chi connectivity index (χ1n) is 10.8. The van der Waals surface area contributed by atoms with E-state index in [9.17, 15) is 9.59 Å². The number of hydrogen-bond acceptors (Lipinski definition) is 6. The fourth-order valence-electron chi connectivity index (χ4n) is 4.27. The molecule has 0 bridgehead atoms. The van der Waals surface area contributed by atoms with Crippen molar-refractivity contribution in [3.63, 3.8) is 0 Å². The van der Waals surface area contributed by atoms with Crippen LogP contribution in [0, 0.1) is 0 Å². The second-order valence-electron chi connectivity index (χ2n) is 8.16. The number of benzene rings is 1. The van der Waals surface area contributed by atoms with Crippen molar-refractivity contribution in [3.8, 4) is 0 Å². The molecule has 0 aliphatic heterocycles. The minimum absolute atomic E-state index is 0.0276. The smallest absolute Gasteiger partial charge is 0.340 e. The van der Waals surface area contributed by atoms with E-state index >= 15 is 0 Å². The number of aromatic nitrogens is 2. The van der Waals surface area contributed by atoms with Gasteiger partial charge < -0.3 is 19.5 Å². The van der Waals surface area contributed by atoms with Gasteiger partial charge in [-0.2, -0.15) is 0 Å². The average Bonchev–Trinajstić information content (AvgIpc) is 2.83. The van der Waals surface area contributed by atoms with Crippen molar-refractivity contribution >= 4 is 23.0 Å². The maximum absolute atomic E-state index is 12.0. The van der Waals surface area contributed by atoms with E-state index in [1.165, 1.54) is 18.2 Å². The van der Waals surface area contributed by atoms with Crippen molar-refractivity contribution in [2.75, 3.05) is 30.9 Å². The van der Waals surface area contributed by atoms with Crippen molar-refractivity contribution in [1.82, 2.24) is 9.55 Å². The molecular weight excluding hydrogens is 404 g/mol. The monoisotopic (exact) mass is 432 g/mol. The van der Waals surface area contributed by atoms with Crippen LogP contribution >= 0.6 is 0 Å². The number of nitrogens with one attached hydrogen (secondary N) is 1. The number of carbonyl (C=O) groups is 1. The average molecular weight is 433 g/mol. The summed E-state index contributed by atoms with van der Waals surface area (Å²) in [7, 11) is 5.11. The van der Waals surface area contributed by atoms with Crippen molar-refractivity contribution in [3.05, 3.63) is 82.0 Å². The van der Waals surface area contributed by atoms with E-state index in [2.05, 4.69) is 28.5 Å². The molecule has 1 atom stereocenters. The number of nitrogens with zero attached hydrogens (tertiary/aromatic N) is 3. The number of methoxy groups -OCH3 is 1. The molecule has 0 radical (unpaired) electrons. The maximum atomic E-state index is 12.0. The Bertz CT molecular complexity index is 1190. The van der Waals surface area contributed by atoms with Gasteiger partial charge in [-0.15, -0.1) is 0 Å². The van der Waals surface area contributed by atoms with Crippen LogP contribution in [0.15, 0.2) is 59.8 Å². The van der Waals surface area contributed by atoms with Gasteiger partial charge in [-0.1, -0.05) is 6.07 Å². The van der Waals surface area contributed by atoms with E-state index in [4.69, 9.17) is 4.74 Å². The van der Waals surface area contributed by atoms with Gasteiger partial charge in [0.25, 0.3) is 5.56 Å². The molecule has 1 aromatic carbocycles. The van der Waals surface area contributed by atoms with Crippen molar-refractivity contribution in [2.24, 2.45) is 7.05 Å². The predicted molar refractivity (Wildman–Crippen MR) is 126 cm³/mol. The fraction of sp³-hybridized carbons (Fsp3) is 0.320. The summed E-state index contributed by atoms with van der Waals surface area (Å²) in [6.45, 7) is 0.715. The van der Waals surface area contributed by atoms with Crippen molar-refractivity contribution < 1.29 is 9.53 Å². The van der Waals surface area contributed by atoms with E-state index < -0.39 is 0 Å². The Balaban J connectivity index is 1.53. The predicted octanol–water partition coefficient (Wildman–Crippen LogP) is 3.87. The second-order valence-corrected chi connectivity index (χ2v) is 8.16. The third-order valence-electron chi connectivity index (χ3n) is 6.19. The molecule has 0 fully saturated rings. The van der Waals surface area contributed by atoms with Crippen LogP contribution in [0.2, 0.25) is 0 Å². The lowest BCUT2D eigenvalue weighted by Gasteiger charge is -2.28. The van der Waals surface area contributed by atoms with Gasteiger partial charge >= 0.3 is 5.97 Å². The summed E-state index contributed by atoms with van der Waals surface area (Å²) < 4.78 is 6.44. The summed E-state index contributed by atoms with van der Waals surface area (Å²) in [6, 6.07) is 11.8. The minimum atomic E-state index is -0.373. The van der Waals surface area contributed by atoms with E-state index in [1.54, 1.807) is 42.3 Å². The molecule has 166 valence electrons. The number of esters is 1. The lowest BCUT2D eigenvalue weighted by molar-refractivity contribution is 0.0601. The Morgan fingerprint density at radius 1 is 1.25 bits per heavy atom. The molecule has 7 heteroatoms. The largest absolute Gasteiger partial charge is 0.465 e. The zero-order valence-corrected chi connectivity index (χ0v) is 18.7. The highest BCUT2D eigenvalue weighted by Gasteiger charge is 2.22. The Labute approximate surface area is 187 Å². The third-order valence-corrected chi connectivity index (χ3v) is 6.19. The summed E-state index contributed by atoms with van der Waals surface area (Å²) in [5.74, 6) is -0.0322. The van der Waals surface area contributed by atoms with Crippen LogP contribution in [-0.4, -0.2) is 36.2 Å². The van der Waals surface area contributed by atoms with Gasteiger partial charge in [0.05, 0.1) is 24.6 Å². The standard InChI is InChI=1S/C25H28N4O3/c1-28-12-10-20(14-24(28)30)29(2)19-7-8-21-17(13-19)5-4-6-18(21)15-27-23-16-26-11-9-22(23)25(31)32-3/h7-14,16,18,27H,4-6,15H2,1-3H3/t18-/m0/s1. The normalized spacial score (nSPS) is 15.0. The molecule has 7 nitrogen and oxygen atoms in total. The van der Waals surface area contributed by atoms with Crippen LogP contribution < -0.4 is 15.8 Å². The Morgan fingerprint density at radius 3 is 2.84 bits per heavy atom. The molecule has 2 heterocycles. The topological polar surface area (TPSA) is 76.5 Å². The van der Waals surface area contributed by atoms with Crippen LogP contribution in [0.5, 0.6) is 0 Å². The molecule has 32 heavy (non-hydrogen) atoms. The van der Waals surface area contributed by atoms with Gasteiger partial charge in [-0.3, -0.25) is 9.78 Å². The van der Waals surface area contributed by atoms with E-state index in [0.29, 0.717) is 23.7 Å². The molecule has 3 aromatic rings. The summed E-state index contributed by atoms with van der Waals surface area (Å²) in [5, 5.41) is 3.40. The van der Waals surface area contributed by atoms with Crippen LogP contribution in [0.25, 0.3) is 0 Å². The molecule has 0 spiro atoms. The molecule has 1 aliphatic carbocycles. The number of hydrogen-bond donors (Lipinski definition) is 1. The molecule has 0 amide bonds. The third kappa shape index (κ3) is 4.37. The number of rotatable bonds is 6. The first kappa shape index (κ1) is 21.6. The minimum Gasteiger partial charge on any atom is -0.465 e. The molecule has 1 N–H and O–H groups in total. The molecule has 0 saturated carbocycles.